The molecule has 1 saturated heterocycles. The van der Waals surface area contributed by atoms with Gasteiger partial charge in [-0.25, -0.2) is 22.5 Å². The molecule has 1 aliphatic rings. The maximum absolute atomic E-state index is 13.4. The van der Waals surface area contributed by atoms with E-state index in [-0.39, 0.29) is 16.9 Å². The highest BCUT2D eigenvalue weighted by atomic mass is 32.2. The zero-order valence-corrected chi connectivity index (χ0v) is 20.6. The van der Waals surface area contributed by atoms with Gasteiger partial charge in [0.25, 0.3) is 10.0 Å². The molecule has 1 atom stereocenters. The van der Waals surface area contributed by atoms with E-state index in [1.54, 1.807) is 45.5 Å². The van der Waals surface area contributed by atoms with Crippen LogP contribution in [-0.4, -0.2) is 58.6 Å². The number of aromatic nitrogens is 3. The van der Waals surface area contributed by atoms with Crippen LogP contribution in [0.3, 0.4) is 0 Å². The predicted octanol–water partition coefficient (Wildman–Crippen LogP) is 4.33. The molecule has 0 amide bonds. The largest absolute Gasteiger partial charge is 0.294 e. The summed E-state index contributed by atoms with van der Waals surface area (Å²) in [5.74, 6) is -0.290. The van der Waals surface area contributed by atoms with Gasteiger partial charge in [-0.2, -0.15) is 9.40 Å². The number of halogens is 1. The van der Waals surface area contributed by atoms with Gasteiger partial charge in [0, 0.05) is 37.3 Å². The van der Waals surface area contributed by atoms with Crippen LogP contribution in [0, 0.1) is 12.7 Å². The van der Waals surface area contributed by atoms with Gasteiger partial charge >= 0.3 is 0 Å². The quantitative estimate of drug-likeness (QED) is 0.400. The summed E-state index contributed by atoms with van der Waals surface area (Å²) < 4.78 is 43.4. The van der Waals surface area contributed by atoms with Gasteiger partial charge in [-0.15, -0.1) is 0 Å². The van der Waals surface area contributed by atoms with Crippen molar-refractivity contribution in [1.82, 2.24) is 24.0 Å². The van der Waals surface area contributed by atoms with Crippen LogP contribution in [0.15, 0.2) is 72.0 Å². The zero-order valence-electron chi connectivity index (χ0n) is 19.8. The molecule has 35 heavy (non-hydrogen) atoms. The smallest absolute Gasteiger partial charge is 0.260 e. The minimum absolute atomic E-state index is 0.0791. The molecule has 9 heteroatoms. The minimum Gasteiger partial charge on any atom is -0.294 e. The fraction of sp³-hybridized carbons (Fsp3) is 0.308. The summed E-state index contributed by atoms with van der Waals surface area (Å²) in [7, 11) is -3.68. The SMILES string of the molecule is CCCN1CCN(S(=O)(=O)c2ccccn2)C[C@@H]1c1cc2cnn(-c3ccc(F)cc3)c2cc1C. The Balaban J connectivity index is 1.52. The summed E-state index contributed by atoms with van der Waals surface area (Å²) in [6.45, 7) is 6.51. The molecular formula is C26H28FN5O2S. The third kappa shape index (κ3) is 4.47. The molecule has 1 aliphatic heterocycles. The Kier molecular flexibility index (Phi) is 6.39. The molecule has 7 nitrogen and oxygen atoms in total. The first-order valence-electron chi connectivity index (χ1n) is 11.8. The predicted molar refractivity (Wildman–Crippen MR) is 133 cm³/mol. The van der Waals surface area contributed by atoms with Crippen molar-refractivity contribution in [1.29, 1.82) is 0 Å². The lowest BCUT2D eigenvalue weighted by molar-refractivity contribution is 0.118. The Hall–Kier alpha value is -3.14. The van der Waals surface area contributed by atoms with Crippen LogP contribution < -0.4 is 0 Å². The Morgan fingerprint density at radius 1 is 1.09 bits per heavy atom. The second-order valence-corrected chi connectivity index (χ2v) is 10.8. The minimum atomic E-state index is -3.68. The maximum atomic E-state index is 13.4. The molecule has 0 bridgehead atoms. The summed E-state index contributed by atoms with van der Waals surface area (Å²) in [5.41, 5.74) is 3.86. The summed E-state index contributed by atoms with van der Waals surface area (Å²) >= 11 is 0. The second-order valence-electron chi connectivity index (χ2n) is 8.88. The van der Waals surface area contributed by atoms with E-state index in [1.807, 2.05) is 6.92 Å². The highest BCUT2D eigenvalue weighted by Crippen LogP contribution is 2.33. The van der Waals surface area contributed by atoms with Crippen LogP contribution in [0.4, 0.5) is 4.39 Å². The Morgan fingerprint density at radius 2 is 1.89 bits per heavy atom. The van der Waals surface area contributed by atoms with E-state index < -0.39 is 10.0 Å². The van der Waals surface area contributed by atoms with Gasteiger partial charge in [-0.3, -0.25) is 4.90 Å². The lowest BCUT2D eigenvalue weighted by Crippen LogP contribution is -2.50. The number of pyridine rings is 1. The van der Waals surface area contributed by atoms with Crippen molar-refractivity contribution in [2.75, 3.05) is 26.2 Å². The van der Waals surface area contributed by atoms with Crippen molar-refractivity contribution in [3.05, 3.63) is 83.9 Å². The van der Waals surface area contributed by atoms with Crippen LogP contribution in [0.25, 0.3) is 16.6 Å². The van der Waals surface area contributed by atoms with Crippen LogP contribution in [0.1, 0.15) is 30.5 Å². The molecule has 0 aliphatic carbocycles. The van der Waals surface area contributed by atoms with Crippen LogP contribution in [-0.2, 0) is 10.0 Å². The topological polar surface area (TPSA) is 71.3 Å². The van der Waals surface area contributed by atoms with Gasteiger partial charge in [0.05, 0.1) is 17.4 Å². The monoisotopic (exact) mass is 493 g/mol. The van der Waals surface area contributed by atoms with Crippen molar-refractivity contribution < 1.29 is 12.8 Å². The molecule has 182 valence electrons. The highest BCUT2D eigenvalue weighted by Gasteiger charge is 2.36. The molecule has 2 aromatic heterocycles. The Morgan fingerprint density at radius 3 is 2.60 bits per heavy atom. The molecule has 0 spiro atoms. The number of hydrogen-bond donors (Lipinski definition) is 0. The fourth-order valence-corrected chi connectivity index (χ4v) is 6.21. The van der Waals surface area contributed by atoms with Crippen molar-refractivity contribution in [3.63, 3.8) is 0 Å². The van der Waals surface area contributed by atoms with Crippen molar-refractivity contribution in [2.24, 2.45) is 0 Å². The van der Waals surface area contributed by atoms with E-state index >= 15 is 0 Å². The summed E-state index contributed by atoms with van der Waals surface area (Å²) in [6.07, 6.45) is 4.29. The number of fused-ring (bicyclic) bond motifs is 1. The van der Waals surface area contributed by atoms with Crippen molar-refractivity contribution >= 4 is 20.9 Å². The number of nitrogens with zero attached hydrogens (tertiary/aromatic N) is 5. The van der Waals surface area contributed by atoms with E-state index in [2.05, 4.69) is 34.0 Å². The molecule has 3 heterocycles. The van der Waals surface area contributed by atoms with Gasteiger partial charge in [0.2, 0.25) is 0 Å². The molecule has 0 radical (unpaired) electrons. The van der Waals surface area contributed by atoms with E-state index in [1.165, 1.54) is 18.3 Å². The summed E-state index contributed by atoms with van der Waals surface area (Å²) in [4.78, 5) is 6.46. The summed E-state index contributed by atoms with van der Waals surface area (Å²) in [6, 6.07) is 15.3. The van der Waals surface area contributed by atoms with E-state index in [0.29, 0.717) is 19.6 Å². The van der Waals surface area contributed by atoms with Gasteiger partial charge in [0.1, 0.15) is 5.82 Å². The van der Waals surface area contributed by atoms with E-state index in [9.17, 15) is 12.8 Å². The molecule has 1 fully saturated rings. The molecule has 0 N–H and O–H groups in total. The molecule has 5 rings (SSSR count). The standard InChI is InChI=1S/C26H28FN5O2S/c1-3-12-30-13-14-31(35(33,34)26-6-4-5-11-28-26)18-25(30)23-16-20-17-29-32(24(20)15-19(23)2)22-9-7-21(27)8-10-22/h4-11,15-17,25H,3,12-14,18H2,1-2H3/t25-/m1/s1. The molecule has 0 saturated carbocycles. The fourth-order valence-electron chi connectivity index (χ4n) is 4.84. The second kappa shape index (κ2) is 9.49. The summed E-state index contributed by atoms with van der Waals surface area (Å²) in [5, 5.41) is 5.57. The Labute approximate surface area is 204 Å². The van der Waals surface area contributed by atoms with Crippen LogP contribution >= 0.6 is 0 Å². The van der Waals surface area contributed by atoms with Gasteiger partial charge in [-0.1, -0.05) is 13.0 Å². The number of benzene rings is 2. The first-order valence-corrected chi connectivity index (χ1v) is 13.2. The number of hydrogen-bond acceptors (Lipinski definition) is 5. The number of rotatable bonds is 6. The normalized spacial score (nSPS) is 17.7. The van der Waals surface area contributed by atoms with Gasteiger partial charge in [-0.05, 0) is 79.5 Å². The number of piperazine rings is 1. The van der Waals surface area contributed by atoms with E-state index in [4.69, 9.17) is 0 Å². The third-order valence-corrected chi connectivity index (χ3v) is 8.37. The maximum Gasteiger partial charge on any atom is 0.260 e. The van der Waals surface area contributed by atoms with Crippen molar-refractivity contribution in [3.8, 4) is 5.69 Å². The van der Waals surface area contributed by atoms with Crippen LogP contribution in [0.2, 0.25) is 0 Å². The lowest BCUT2D eigenvalue weighted by atomic mass is 9.96. The molecule has 4 aromatic rings. The van der Waals surface area contributed by atoms with Crippen molar-refractivity contribution in [2.45, 2.75) is 31.3 Å². The third-order valence-electron chi connectivity index (χ3n) is 6.59. The van der Waals surface area contributed by atoms with Gasteiger partial charge < -0.3 is 0 Å². The molecule has 0 unspecified atom stereocenters. The van der Waals surface area contributed by atoms with Gasteiger partial charge in [0.15, 0.2) is 5.03 Å². The first kappa shape index (κ1) is 23.6. The average molecular weight is 494 g/mol. The number of sulfonamides is 1. The lowest BCUT2D eigenvalue weighted by Gasteiger charge is -2.41. The molecule has 2 aromatic carbocycles. The first-order chi connectivity index (χ1) is 16.9. The number of aryl methyl sites for hydroxylation is 1. The zero-order chi connectivity index (χ0) is 24.6. The Bertz CT molecular complexity index is 1440. The highest BCUT2D eigenvalue weighted by molar-refractivity contribution is 7.89. The van der Waals surface area contributed by atoms with Crippen LogP contribution in [0.5, 0.6) is 0 Å². The average Bonchev–Trinajstić information content (AvgIpc) is 3.27. The molecular weight excluding hydrogens is 465 g/mol. The van der Waals surface area contributed by atoms with E-state index in [0.717, 1.165) is 40.7 Å².